The Labute approximate surface area is 131 Å². The number of thioether (sulfide) groups is 1. The molecule has 2 N–H and O–H groups in total. The zero-order chi connectivity index (χ0) is 14.4. The number of aromatic nitrogens is 2. The molecule has 0 radical (unpaired) electrons. The van der Waals surface area contributed by atoms with Gasteiger partial charge in [-0.2, -0.15) is 4.98 Å². The maximum absolute atomic E-state index is 4.46. The van der Waals surface area contributed by atoms with Crippen LogP contribution in [0.4, 0.5) is 17.5 Å². The fourth-order valence-corrected chi connectivity index (χ4v) is 2.29. The van der Waals surface area contributed by atoms with Crippen molar-refractivity contribution in [3.63, 3.8) is 0 Å². The lowest BCUT2D eigenvalue weighted by atomic mass is 10.3. The highest BCUT2D eigenvalue weighted by Gasteiger charge is 2.05. The van der Waals surface area contributed by atoms with E-state index < -0.39 is 0 Å². The molecule has 0 atom stereocenters. The summed E-state index contributed by atoms with van der Waals surface area (Å²) < 4.78 is 0.841. The van der Waals surface area contributed by atoms with E-state index in [-0.39, 0.29) is 0 Å². The van der Waals surface area contributed by atoms with Gasteiger partial charge in [-0.05, 0) is 52.9 Å². The van der Waals surface area contributed by atoms with E-state index in [1.54, 1.807) is 18.0 Å². The Hall–Kier alpha value is -1.27. The molecular weight excluding hydrogens is 336 g/mol. The van der Waals surface area contributed by atoms with Crippen molar-refractivity contribution in [1.29, 1.82) is 0 Å². The standard InChI is InChI=1S/C14H17BrN4S/c1-3-8-16-14-17-9-12(15)13(19-14)18-10-4-6-11(20-2)7-5-10/h4-7,9H,3,8H2,1-2H3,(H2,16,17,18,19). The largest absolute Gasteiger partial charge is 0.354 e. The van der Waals surface area contributed by atoms with Crippen molar-refractivity contribution < 1.29 is 0 Å². The summed E-state index contributed by atoms with van der Waals surface area (Å²) >= 11 is 5.19. The molecule has 0 bridgehead atoms. The van der Waals surface area contributed by atoms with Crippen molar-refractivity contribution >= 4 is 45.1 Å². The first-order valence-corrected chi connectivity index (χ1v) is 8.42. The van der Waals surface area contributed by atoms with Crippen LogP contribution in [0.15, 0.2) is 39.8 Å². The van der Waals surface area contributed by atoms with Gasteiger partial charge in [0.15, 0.2) is 0 Å². The molecular formula is C14H17BrN4S. The van der Waals surface area contributed by atoms with E-state index in [4.69, 9.17) is 0 Å². The van der Waals surface area contributed by atoms with Crippen LogP contribution in [0.3, 0.4) is 0 Å². The van der Waals surface area contributed by atoms with Gasteiger partial charge in [-0.15, -0.1) is 11.8 Å². The minimum absolute atomic E-state index is 0.637. The number of nitrogens with zero attached hydrogens (tertiary/aromatic N) is 2. The van der Waals surface area contributed by atoms with E-state index in [2.05, 4.69) is 61.8 Å². The highest BCUT2D eigenvalue weighted by molar-refractivity contribution is 9.10. The average Bonchev–Trinajstić information content (AvgIpc) is 2.49. The highest BCUT2D eigenvalue weighted by atomic mass is 79.9. The van der Waals surface area contributed by atoms with Crippen LogP contribution in [0.1, 0.15) is 13.3 Å². The second-order valence-electron chi connectivity index (χ2n) is 4.17. The first kappa shape index (κ1) is 15.1. The van der Waals surface area contributed by atoms with Crippen LogP contribution in [-0.4, -0.2) is 22.8 Å². The normalized spacial score (nSPS) is 10.3. The van der Waals surface area contributed by atoms with E-state index in [1.165, 1.54) is 4.90 Å². The van der Waals surface area contributed by atoms with Gasteiger partial charge in [0.25, 0.3) is 0 Å². The van der Waals surface area contributed by atoms with Crippen LogP contribution in [0.25, 0.3) is 0 Å². The van der Waals surface area contributed by atoms with Gasteiger partial charge in [-0.3, -0.25) is 0 Å². The molecule has 6 heteroatoms. The predicted octanol–water partition coefficient (Wildman–Crippen LogP) is 4.53. The number of rotatable bonds is 6. The maximum atomic E-state index is 4.46. The van der Waals surface area contributed by atoms with Gasteiger partial charge >= 0.3 is 0 Å². The van der Waals surface area contributed by atoms with Crippen LogP contribution in [-0.2, 0) is 0 Å². The number of hydrogen-bond acceptors (Lipinski definition) is 5. The fraction of sp³-hybridized carbons (Fsp3) is 0.286. The molecule has 1 aromatic carbocycles. The van der Waals surface area contributed by atoms with Gasteiger partial charge in [0, 0.05) is 23.3 Å². The molecule has 2 aromatic rings. The number of benzene rings is 1. The smallest absolute Gasteiger partial charge is 0.224 e. The van der Waals surface area contributed by atoms with Crippen LogP contribution >= 0.6 is 27.7 Å². The molecule has 0 aliphatic rings. The first-order chi connectivity index (χ1) is 9.72. The summed E-state index contributed by atoms with van der Waals surface area (Å²) in [5, 5.41) is 6.47. The van der Waals surface area contributed by atoms with Gasteiger partial charge < -0.3 is 10.6 Å². The molecule has 0 saturated heterocycles. The fourth-order valence-electron chi connectivity index (χ4n) is 1.59. The summed E-state index contributed by atoms with van der Waals surface area (Å²) in [6.07, 6.45) is 4.86. The Morgan fingerprint density at radius 2 is 2.00 bits per heavy atom. The Kier molecular flexibility index (Phi) is 5.67. The summed E-state index contributed by atoms with van der Waals surface area (Å²) in [5.41, 5.74) is 1.00. The van der Waals surface area contributed by atoms with E-state index >= 15 is 0 Å². The Morgan fingerprint density at radius 1 is 1.25 bits per heavy atom. The van der Waals surface area contributed by atoms with Crippen molar-refractivity contribution in [2.75, 3.05) is 23.4 Å². The van der Waals surface area contributed by atoms with Gasteiger partial charge in [0.2, 0.25) is 5.95 Å². The number of nitrogens with one attached hydrogen (secondary N) is 2. The molecule has 0 unspecified atom stereocenters. The van der Waals surface area contributed by atoms with Crippen LogP contribution in [0, 0.1) is 0 Å². The lowest BCUT2D eigenvalue weighted by molar-refractivity contribution is 0.952. The van der Waals surface area contributed by atoms with E-state index in [9.17, 15) is 0 Å². The Bertz CT molecular complexity index is 560. The molecule has 0 amide bonds. The lowest BCUT2D eigenvalue weighted by Crippen LogP contribution is -2.06. The molecule has 106 valence electrons. The van der Waals surface area contributed by atoms with E-state index in [0.29, 0.717) is 5.95 Å². The lowest BCUT2D eigenvalue weighted by Gasteiger charge is -2.10. The van der Waals surface area contributed by atoms with Gasteiger partial charge in [0.05, 0.1) is 4.47 Å². The topological polar surface area (TPSA) is 49.8 Å². The molecule has 4 nitrogen and oxygen atoms in total. The monoisotopic (exact) mass is 352 g/mol. The molecule has 0 spiro atoms. The summed E-state index contributed by atoms with van der Waals surface area (Å²) in [6, 6.07) is 8.25. The molecule has 0 aliphatic carbocycles. The molecule has 20 heavy (non-hydrogen) atoms. The van der Waals surface area contributed by atoms with Crippen molar-refractivity contribution in [3.05, 3.63) is 34.9 Å². The second kappa shape index (κ2) is 7.50. The number of hydrogen-bond donors (Lipinski definition) is 2. The summed E-state index contributed by atoms with van der Waals surface area (Å²) in [6.45, 7) is 2.97. The molecule has 1 aromatic heterocycles. The minimum atomic E-state index is 0.637. The third-order valence-electron chi connectivity index (χ3n) is 2.63. The van der Waals surface area contributed by atoms with E-state index in [1.807, 2.05) is 12.1 Å². The summed E-state index contributed by atoms with van der Waals surface area (Å²) in [7, 11) is 0. The predicted molar refractivity (Wildman–Crippen MR) is 90.0 cm³/mol. The second-order valence-corrected chi connectivity index (χ2v) is 5.90. The van der Waals surface area contributed by atoms with Gasteiger partial charge in [-0.1, -0.05) is 6.92 Å². The van der Waals surface area contributed by atoms with Crippen LogP contribution < -0.4 is 10.6 Å². The quantitative estimate of drug-likeness (QED) is 0.748. The highest BCUT2D eigenvalue weighted by Crippen LogP contribution is 2.25. The third kappa shape index (κ3) is 4.11. The van der Waals surface area contributed by atoms with Crippen molar-refractivity contribution in [1.82, 2.24) is 9.97 Å². The third-order valence-corrected chi connectivity index (χ3v) is 3.95. The first-order valence-electron chi connectivity index (χ1n) is 6.40. The van der Waals surface area contributed by atoms with E-state index in [0.717, 1.165) is 28.9 Å². The van der Waals surface area contributed by atoms with Gasteiger partial charge in [0.1, 0.15) is 5.82 Å². The van der Waals surface area contributed by atoms with Crippen molar-refractivity contribution in [2.24, 2.45) is 0 Å². The summed E-state index contributed by atoms with van der Waals surface area (Å²) in [5.74, 6) is 1.40. The van der Waals surface area contributed by atoms with Crippen LogP contribution in [0.2, 0.25) is 0 Å². The van der Waals surface area contributed by atoms with Crippen LogP contribution in [0.5, 0.6) is 0 Å². The molecule has 0 fully saturated rings. The molecule has 0 aliphatic heterocycles. The Balaban J connectivity index is 2.14. The van der Waals surface area contributed by atoms with Gasteiger partial charge in [-0.25, -0.2) is 4.98 Å². The molecule has 2 rings (SSSR count). The molecule has 0 saturated carbocycles. The summed E-state index contributed by atoms with van der Waals surface area (Å²) in [4.78, 5) is 9.93. The number of halogens is 1. The van der Waals surface area contributed by atoms with Crippen molar-refractivity contribution in [3.8, 4) is 0 Å². The average molecular weight is 353 g/mol. The SMILES string of the molecule is CCCNc1ncc(Br)c(Nc2ccc(SC)cc2)n1. The number of anilines is 3. The maximum Gasteiger partial charge on any atom is 0.224 e. The zero-order valence-electron chi connectivity index (χ0n) is 11.5. The zero-order valence-corrected chi connectivity index (χ0v) is 13.9. The minimum Gasteiger partial charge on any atom is -0.354 e. The Morgan fingerprint density at radius 3 is 2.65 bits per heavy atom. The van der Waals surface area contributed by atoms with Crippen molar-refractivity contribution in [2.45, 2.75) is 18.2 Å². The molecule has 1 heterocycles.